The van der Waals surface area contributed by atoms with E-state index in [0.29, 0.717) is 5.16 Å². The summed E-state index contributed by atoms with van der Waals surface area (Å²) >= 11 is 1.08. The van der Waals surface area contributed by atoms with Gasteiger partial charge in [-0.2, -0.15) is 4.98 Å². The lowest BCUT2D eigenvalue weighted by molar-refractivity contribution is -0.117. The largest absolute Gasteiger partial charge is 0.368 e. The number of nitrogen functional groups attached to an aromatic ring is 1. The van der Waals surface area contributed by atoms with E-state index in [4.69, 9.17) is 5.73 Å². The summed E-state index contributed by atoms with van der Waals surface area (Å²) in [6.45, 7) is 5.46. The fraction of sp³-hybridized carbons (Fsp3) is 0.556. The molecule has 3 amide bonds. The molecule has 0 spiro atoms. The number of nitrogens with two attached hydrogens (primary N) is 1. The standard InChI is InChI=1S/C9H16N6O2S/c1-9(2,3)13-7(17)11-5(16)4-18-8-12-6(10)14-15-8/h4H2,1-3H3,(H3,10,12,14,15)(H2,11,13,16,17). The van der Waals surface area contributed by atoms with Crippen molar-refractivity contribution in [2.45, 2.75) is 31.5 Å². The molecule has 9 heteroatoms. The zero-order valence-electron chi connectivity index (χ0n) is 10.4. The summed E-state index contributed by atoms with van der Waals surface area (Å²) in [7, 11) is 0. The Morgan fingerprint density at radius 1 is 1.44 bits per heavy atom. The Kier molecular flexibility index (Phi) is 4.54. The van der Waals surface area contributed by atoms with Crippen LogP contribution >= 0.6 is 11.8 Å². The van der Waals surface area contributed by atoms with Crippen LogP contribution in [-0.4, -0.2) is 38.4 Å². The van der Waals surface area contributed by atoms with Gasteiger partial charge in [0.2, 0.25) is 17.0 Å². The summed E-state index contributed by atoms with van der Waals surface area (Å²) in [5.41, 5.74) is 4.93. The van der Waals surface area contributed by atoms with Crippen molar-refractivity contribution in [3.05, 3.63) is 0 Å². The van der Waals surface area contributed by atoms with Gasteiger partial charge in [-0.3, -0.25) is 10.1 Å². The maximum absolute atomic E-state index is 11.4. The Hall–Kier alpha value is -1.77. The molecule has 1 aromatic rings. The molecule has 0 bridgehead atoms. The van der Waals surface area contributed by atoms with Crippen LogP contribution in [-0.2, 0) is 4.79 Å². The molecule has 1 aromatic heterocycles. The first-order valence-electron chi connectivity index (χ1n) is 5.19. The van der Waals surface area contributed by atoms with Crippen molar-refractivity contribution in [1.29, 1.82) is 0 Å². The number of imide groups is 1. The molecule has 1 heterocycles. The summed E-state index contributed by atoms with van der Waals surface area (Å²) < 4.78 is 0. The van der Waals surface area contributed by atoms with E-state index in [1.807, 2.05) is 20.8 Å². The number of carbonyl (C=O) groups is 2. The number of hydrogen-bond donors (Lipinski definition) is 4. The van der Waals surface area contributed by atoms with Gasteiger partial charge in [-0.25, -0.2) is 9.89 Å². The minimum Gasteiger partial charge on any atom is -0.368 e. The number of urea groups is 1. The van der Waals surface area contributed by atoms with Crippen LogP contribution in [0.3, 0.4) is 0 Å². The molecule has 0 aliphatic carbocycles. The normalized spacial score (nSPS) is 11.1. The second-order valence-electron chi connectivity index (χ2n) is 4.54. The van der Waals surface area contributed by atoms with Crippen molar-refractivity contribution < 1.29 is 9.59 Å². The number of aromatic amines is 1. The van der Waals surface area contributed by atoms with Crippen molar-refractivity contribution >= 4 is 29.6 Å². The lowest BCUT2D eigenvalue weighted by Gasteiger charge is -2.20. The smallest absolute Gasteiger partial charge is 0.321 e. The molecule has 5 N–H and O–H groups in total. The number of H-pyrrole nitrogens is 1. The monoisotopic (exact) mass is 272 g/mol. The van der Waals surface area contributed by atoms with Crippen LogP contribution in [0.2, 0.25) is 0 Å². The van der Waals surface area contributed by atoms with E-state index in [-0.39, 0.29) is 11.7 Å². The lowest BCUT2D eigenvalue weighted by atomic mass is 10.1. The summed E-state index contributed by atoms with van der Waals surface area (Å²) in [5, 5.41) is 11.4. The van der Waals surface area contributed by atoms with Gasteiger partial charge in [0.25, 0.3) is 0 Å². The van der Waals surface area contributed by atoms with E-state index < -0.39 is 17.5 Å². The highest BCUT2D eigenvalue weighted by Crippen LogP contribution is 2.11. The van der Waals surface area contributed by atoms with E-state index in [9.17, 15) is 9.59 Å². The number of thioether (sulfide) groups is 1. The minimum atomic E-state index is -0.525. The highest BCUT2D eigenvalue weighted by molar-refractivity contribution is 7.99. The summed E-state index contributed by atoms with van der Waals surface area (Å²) in [6.07, 6.45) is 0. The molecule has 0 atom stereocenters. The van der Waals surface area contributed by atoms with Gasteiger partial charge in [0, 0.05) is 5.54 Å². The molecule has 0 unspecified atom stereocenters. The molecule has 100 valence electrons. The number of nitrogens with zero attached hydrogens (tertiary/aromatic N) is 2. The summed E-state index contributed by atoms with van der Waals surface area (Å²) in [5.74, 6) is -0.206. The SMILES string of the molecule is CC(C)(C)NC(=O)NC(=O)CSc1n[nH]c(N)n1. The van der Waals surface area contributed by atoms with Crippen molar-refractivity contribution in [3.63, 3.8) is 0 Å². The molecule has 0 saturated carbocycles. The van der Waals surface area contributed by atoms with Gasteiger partial charge in [0.1, 0.15) is 0 Å². The number of anilines is 1. The maximum atomic E-state index is 11.4. The highest BCUT2D eigenvalue weighted by atomic mass is 32.2. The number of hydrogen-bond acceptors (Lipinski definition) is 6. The third-order valence-electron chi connectivity index (χ3n) is 1.56. The molecule has 0 aliphatic heterocycles. The topological polar surface area (TPSA) is 126 Å². The van der Waals surface area contributed by atoms with E-state index in [1.165, 1.54) is 0 Å². The van der Waals surface area contributed by atoms with Gasteiger partial charge in [0.05, 0.1) is 5.75 Å². The predicted octanol–water partition coefficient (Wildman–Crippen LogP) is 0.103. The lowest BCUT2D eigenvalue weighted by Crippen LogP contribution is -2.48. The first-order valence-corrected chi connectivity index (χ1v) is 6.17. The molecule has 8 nitrogen and oxygen atoms in total. The van der Waals surface area contributed by atoms with Crippen LogP contribution in [0.1, 0.15) is 20.8 Å². The fourth-order valence-electron chi connectivity index (χ4n) is 0.987. The molecule has 18 heavy (non-hydrogen) atoms. The Balaban J connectivity index is 2.32. The van der Waals surface area contributed by atoms with Gasteiger partial charge < -0.3 is 11.1 Å². The first-order chi connectivity index (χ1) is 8.26. The average molecular weight is 272 g/mol. The van der Waals surface area contributed by atoms with E-state index >= 15 is 0 Å². The van der Waals surface area contributed by atoms with Gasteiger partial charge in [-0.1, -0.05) is 11.8 Å². The molecule has 0 saturated heterocycles. The predicted molar refractivity (Wildman–Crippen MR) is 67.9 cm³/mol. The molecular weight excluding hydrogens is 256 g/mol. The fourth-order valence-corrected chi connectivity index (χ4v) is 1.59. The van der Waals surface area contributed by atoms with Crippen LogP contribution < -0.4 is 16.4 Å². The maximum Gasteiger partial charge on any atom is 0.321 e. The van der Waals surface area contributed by atoms with Gasteiger partial charge >= 0.3 is 6.03 Å². The Bertz CT molecular complexity index is 439. The van der Waals surface area contributed by atoms with E-state index in [0.717, 1.165) is 11.8 Å². The number of rotatable bonds is 3. The number of nitrogens with one attached hydrogen (secondary N) is 3. The van der Waals surface area contributed by atoms with E-state index in [1.54, 1.807) is 0 Å². The van der Waals surface area contributed by atoms with Crippen LogP contribution in [0.5, 0.6) is 0 Å². The van der Waals surface area contributed by atoms with Crippen LogP contribution in [0.4, 0.5) is 10.7 Å². The van der Waals surface area contributed by atoms with Gasteiger partial charge in [-0.15, -0.1) is 5.10 Å². The number of aromatic nitrogens is 3. The molecule has 0 radical (unpaired) electrons. The van der Waals surface area contributed by atoms with Crippen LogP contribution in [0, 0.1) is 0 Å². The molecular formula is C9H16N6O2S. The third-order valence-corrected chi connectivity index (χ3v) is 2.40. The Labute approximate surface area is 108 Å². The molecule has 0 fully saturated rings. The van der Waals surface area contributed by atoms with Crippen molar-refractivity contribution in [2.75, 3.05) is 11.5 Å². The number of carbonyl (C=O) groups excluding carboxylic acids is 2. The van der Waals surface area contributed by atoms with Crippen molar-refractivity contribution in [2.24, 2.45) is 0 Å². The van der Waals surface area contributed by atoms with Crippen LogP contribution in [0.15, 0.2) is 5.16 Å². The summed E-state index contributed by atoms with van der Waals surface area (Å²) in [4.78, 5) is 26.6. The quantitative estimate of drug-likeness (QED) is 0.578. The molecule has 0 aliphatic rings. The van der Waals surface area contributed by atoms with Gasteiger partial charge in [-0.05, 0) is 20.8 Å². The highest BCUT2D eigenvalue weighted by Gasteiger charge is 2.16. The molecule has 1 rings (SSSR count). The average Bonchev–Trinajstić information content (AvgIpc) is 2.58. The Morgan fingerprint density at radius 3 is 2.61 bits per heavy atom. The van der Waals surface area contributed by atoms with Crippen molar-refractivity contribution in [1.82, 2.24) is 25.8 Å². The van der Waals surface area contributed by atoms with E-state index in [2.05, 4.69) is 25.8 Å². The summed E-state index contributed by atoms with van der Waals surface area (Å²) in [6, 6.07) is -0.525. The number of amides is 3. The minimum absolute atomic E-state index is 0.0366. The van der Waals surface area contributed by atoms with Crippen molar-refractivity contribution in [3.8, 4) is 0 Å². The van der Waals surface area contributed by atoms with Crippen LogP contribution in [0.25, 0.3) is 0 Å². The van der Waals surface area contributed by atoms with Gasteiger partial charge in [0.15, 0.2) is 0 Å². The molecule has 0 aromatic carbocycles. The Morgan fingerprint density at radius 2 is 2.11 bits per heavy atom. The second kappa shape index (κ2) is 5.71. The zero-order chi connectivity index (χ0) is 13.8. The second-order valence-corrected chi connectivity index (χ2v) is 5.49. The first kappa shape index (κ1) is 14.3. The zero-order valence-corrected chi connectivity index (χ0v) is 11.2. The third kappa shape index (κ3) is 5.53.